The number of amides is 2. The molecule has 1 atom stereocenters. The summed E-state index contributed by atoms with van der Waals surface area (Å²) in [6, 6.07) is 9.39. The van der Waals surface area contributed by atoms with Gasteiger partial charge in [-0.2, -0.15) is 0 Å². The number of anilines is 1. The van der Waals surface area contributed by atoms with Gasteiger partial charge in [0.25, 0.3) is 11.8 Å². The Labute approximate surface area is 169 Å². The first-order valence-corrected chi connectivity index (χ1v) is 9.34. The summed E-state index contributed by atoms with van der Waals surface area (Å²) in [5.74, 6) is 5.63. The lowest BCUT2D eigenvalue weighted by atomic mass is 10.1. The van der Waals surface area contributed by atoms with Gasteiger partial charge in [0.1, 0.15) is 11.9 Å². The topological polar surface area (TPSA) is 129 Å². The largest absolute Gasteiger partial charge is 0.370 e. The van der Waals surface area contributed by atoms with E-state index in [2.05, 4.69) is 34.4 Å². The maximum Gasteiger partial charge on any atom is 0.267 e. The van der Waals surface area contributed by atoms with Gasteiger partial charge in [-0.3, -0.25) is 14.8 Å². The van der Waals surface area contributed by atoms with Gasteiger partial charge in [-0.25, -0.2) is 10.5 Å². The third-order valence-corrected chi connectivity index (χ3v) is 4.07. The smallest absolute Gasteiger partial charge is 0.267 e. The predicted octanol–water partition coefficient (Wildman–Crippen LogP) is 1.26. The second-order valence-electron chi connectivity index (χ2n) is 6.28. The molecular formula is C21H25N5O3. The summed E-state index contributed by atoms with van der Waals surface area (Å²) in [6.45, 7) is 2.90. The molecule has 152 valence electrons. The SMILES string of the molecule is CCCCNc1ccc(C#Cc2ccc(C(=O)N[C@@H](CN)C(=O)NO)cc2)cn1. The number of pyridine rings is 1. The zero-order valence-corrected chi connectivity index (χ0v) is 16.2. The molecule has 0 saturated carbocycles. The van der Waals surface area contributed by atoms with E-state index in [4.69, 9.17) is 10.9 Å². The number of rotatable bonds is 8. The highest BCUT2D eigenvalue weighted by molar-refractivity contribution is 5.97. The second-order valence-corrected chi connectivity index (χ2v) is 6.28. The van der Waals surface area contributed by atoms with Gasteiger partial charge in [0.2, 0.25) is 0 Å². The third-order valence-electron chi connectivity index (χ3n) is 4.07. The Bertz CT molecular complexity index is 870. The molecule has 2 amide bonds. The van der Waals surface area contributed by atoms with Gasteiger partial charge in [-0.15, -0.1) is 0 Å². The lowest BCUT2D eigenvalue weighted by Crippen LogP contribution is -2.50. The van der Waals surface area contributed by atoms with Crippen molar-refractivity contribution in [3.05, 3.63) is 59.3 Å². The molecular weight excluding hydrogens is 370 g/mol. The van der Waals surface area contributed by atoms with Crippen molar-refractivity contribution in [2.24, 2.45) is 5.73 Å². The highest BCUT2D eigenvalue weighted by Gasteiger charge is 2.19. The lowest BCUT2D eigenvalue weighted by Gasteiger charge is -2.14. The molecule has 29 heavy (non-hydrogen) atoms. The molecule has 0 aliphatic heterocycles. The minimum atomic E-state index is -1.01. The summed E-state index contributed by atoms with van der Waals surface area (Å²) >= 11 is 0. The Morgan fingerprint density at radius 1 is 1.14 bits per heavy atom. The van der Waals surface area contributed by atoms with Crippen LogP contribution in [0.1, 0.15) is 41.3 Å². The minimum Gasteiger partial charge on any atom is -0.370 e. The molecule has 2 aromatic rings. The number of nitrogens with zero attached hydrogens (tertiary/aromatic N) is 1. The summed E-state index contributed by atoms with van der Waals surface area (Å²) in [7, 11) is 0. The van der Waals surface area contributed by atoms with Crippen LogP contribution in [0.4, 0.5) is 5.82 Å². The first-order valence-electron chi connectivity index (χ1n) is 9.34. The van der Waals surface area contributed by atoms with Crippen molar-refractivity contribution < 1.29 is 14.8 Å². The van der Waals surface area contributed by atoms with Gasteiger partial charge in [0.05, 0.1) is 0 Å². The van der Waals surface area contributed by atoms with Crippen LogP contribution in [0.15, 0.2) is 42.6 Å². The number of nitrogens with one attached hydrogen (secondary N) is 3. The second kappa shape index (κ2) is 11.4. The van der Waals surface area contributed by atoms with E-state index in [1.807, 2.05) is 12.1 Å². The third kappa shape index (κ3) is 6.92. The van der Waals surface area contributed by atoms with E-state index >= 15 is 0 Å². The van der Waals surface area contributed by atoms with Crippen LogP contribution in [-0.4, -0.2) is 41.1 Å². The van der Waals surface area contributed by atoms with Crippen LogP contribution in [0, 0.1) is 11.8 Å². The van der Waals surface area contributed by atoms with E-state index in [0.717, 1.165) is 36.3 Å². The first kappa shape index (κ1) is 21.9. The first-order chi connectivity index (χ1) is 14.1. The Balaban J connectivity index is 1.97. The summed E-state index contributed by atoms with van der Waals surface area (Å²) in [5.41, 5.74) is 8.76. The van der Waals surface area contributed by atoms with Crippen LogP contribution in [-0.2, 0) is 4.79 Å². The number of unbranched alkanes of at least 4 members (excludes halogenated alkanes) is 1. The highest BCUT2D eigenvalue weighted by atomic mass is 16.5. The molecule has 0 bridgehead atoms. The quantitative estimate of drug-likeness (QED) is 0.198. The van der Waals surface area contributed by atoms with E-state index in [1.54, 1.807) is 30.5 Å². The van der Waals surface area contributed by atoms with Gasteiger partial charge in [0, 0.05) is 36.0 Å². The molecule has 1 heterocycles. The van der Waals surface area contributed by atoms with Crippen LogP contribution >= 0.6 is 0 Å². The fraction of sp³-hybridized carbons (Fsp3) is 0.286. The predicted molar refractivity (Wildman–Crippen MR) is 110 cm³/mol. The normalized spacial score (nSPS) is 11.0. The van der Waals surface area contributed by atoms with Crippen LogP contribution in [0.25, 0.3) is 0 Å². The van der Waals surface area contributed by atoms with Crippen molar-refractivity contribution in [3.8, 4) is 11.8 Å². The van der Waals surface area contributed by atoms with Crippen molar-refractivity contribution in [1.82, 2.24) is 15.8 Å². The molecule has 8 heteroatoms. The highest BCUT2D eigenvalue weighted by Crippen LogP contribution is 2.07. The monoisotopic (exact) mass is 395 g/mol. The van der Waals surface area contributed by atoms with Gasteiger partial charge in [0.15, 0.2) is 0 Å². The fourth-order valence-corrected chi connectivity index (χ4v) is 2.37. The molecule has 0 radical (unpaired) electrons. The molecule has 0 saturated heterocycles. The number of nitrogens with two attached hydrogens (primary N) is 1. The van der Waals surface area contributed by atoms with Crippen molar-refractivity contribution in [2.75, 3.05) is 18.4 Å². The van der Waals surface area contributed by atoms with Crippen molar-refractivity contribution in [3.63, 3.8) is 0 Å². The van der Waals surface area contributed by atoms with Crippen LogP contribution in [0.5, 0.6) is 0 Å². The number of hydrogen-bond acceptors (Lipinski definition) is 6. The molecule has 1 aromatic heterocycles. The molecule has 6 N–H and O–H groups in total. The maximum atomic E-state index is 12.2. The maximum absolute atomic E-state index is 12.2. The lowest BCUT2D eigenvalue weighted by molar-refractivity contribution is -0.130. The number of aromatic nitrogens is 1. The van der Waals surface area contributed by atoms with Gasteiger partial charge in [-0.05, 0) is 42.8 Å². The molecule has 8 nitrogen and oxygen atoms in total. The molecule has 2 rings (SSSR count). The summed E-state index contributed by atoms with van der Waals surface area (Å²) in [5, 5.41) is 14.3. The Kier molecular flexibility index (Phi) is 8.63. The molecule has 0 unspecified atom stereocenters. The number of benzene rings is 1. The van der Waals surface area contributed by atoms with Gasteiger partial charge < -0.3 is 16.4 Å². The number of hydroxylamine groups is 1. The number of carbonyl (C=O) groups excluding carboxylic acids is 2. The molecule has 0 fully saturated rings. The van der Waals surface area contributed by atoms with Crippen molar-refractivity contribution >= 4 is 17.6 Å². The summed E-state index contributed by atoms with van der Waals surface area (Å²) < 4.78 is 0. The standard InChI is InChI=1S/C21H25N5O3/c1-2-3-12-23-19-11-8-16(14-24-19)5-4-15-6-9-17(10-7-15)20(27)25-18(13-22)21(28)26-29/h6-11,14,18,29H,2-3,12-13,22H2,1H3,(H,23,24)(H,25,27)(H,26,28)/t18-/m0/s1. The van der Waals surface area contributed by atoms with Crippen LogP contribution < -0.4 is 21.8 Å². The van der Waals surface area contributed by atoms with Gasteiger partial charge >= 0.3 is 0 Å². The number of carbonyl (C=O) groups is 2. The zero-order valence-electron chi connectivity index (χ0n) is 16.2. The minimum absolute atomic E-state index is 0.136. The molecule has 0 aliphatic carbocycles. The van der Waals surface area contributed by atoms with Crippen molar-refractivity contribution in [2.45, 2.75) is 25.8 Å². The number of hydrogen-bond donors (Lipinski definition) is 5. The Morgan fingerprint density at radius 3 is 2.41 bits per heavy atom. The Morgan fingerprint density at radius 2 is 1.83 bits per heavy atom. The van der Waals surface area contributed by atoms with E-state index in [9.17, 15) is 9.59 Å². The Hall–Kier alpha value is -3.41. The van der Waals surface area contributed by atoms with E-state index in [-0.39, 0.29) is 6.54 Å². The van der Waals surface area contributed by atoms with Crippen LogP contribution in [0.2, 0.25) is 0 Å². The van der Waals surface area contributed by atoms with Crippen LogP contribution in [0.3, 0.4) is 0 Å². The molecule has 0 aliphatic rings. The average Bonchev–Trinajstić information content (AvgIpc) is 2.76. The van der Waals surface area contributed by atoms with E-state index in [1.165, 1.54) is 5.48 Å². The average molecular weight is 395 g/mol. The van der Waals surface area contributed by atoms with E-state index in [0.29, 0.717) is 5.56 Å². The van der Waals surface area contributed by atoms with Crippen molar-refractivity contribution in [1.29, 1.82) is 0 Å². The molecule has 0 spiro atoms. The summed E-state index contributed by atoms with van der Waals surface area (Å²) in [4.78, 5) is 27.9. The summed E-state index contributed by atoms with van der Waals surface area (Å²) in [6.07, 6.45) is 3.93. The van der Waals surface area contributed by atoms with Gasteiger partial charge in [-0.1, -0.05) is 25.2 Å². The van der Waals surface area contributed by atoms with E-state index < -0.39 is 17.9 Å². The molecule has 1 aromatic carbocycles. The fourth-order valence-electron chi connectivity index (χ4n) is 2.37. The zero-order chi connectivity index (χ0) is 21.1.